The van der Waals surface area contributed by atoms with Gasteiger partial charge in [-0.2, -0.15) is 0 Å². The summed E-state index contributed by atoms with van der Waals surface area (Å²) in [5, 5.41) is 10.4. The summed E-state index contributed by atoms with van der Waals surface area (Å²) in [5.74, 6) is -4.59. The van der Waals surface area contributed by atoms with E-state index in [9.17, 15) is 47.9 Å². The maximum Gasteiger partial charge on any atom is 0.418 e. The van der Waals surface area contributed by atoms with Gasteiger partial charge in [0.05, 0.1) is 23.5 Å². The number of benzene rings is 4. The summed E-state index contributed by atoms with van der Waals surface area (Å²) in [6.07, 6.45) is -1.49. The minimum atomic E-state index is -1.76. The van der Waals surface area contributed by atoms with Gasteiger partial charge in [-0.3, -0.25) is 38.4 Å². The van der Waals surface area contributed by atoms with Gasteiger partial charge in [0.2, 0.25) is 5.91 Å². The van der Waals surface area contributed by atoms with E-state index in [4.69, 9.17) is 25.8 Å². The minimum absolute atomic E-state index is 0.0586. The molecule has 2 aliphatic heterocycles. The lowest BCUT2D eigenvalue weighted by Gasteiger charge is -2.24. The molecule has 4 aromatic carbocycles. The molecule has 21 heteroatoms. The highest BCUT2D eigenvalue weighted by molar-refractivity contribution is 6.34. The smallest absolute Gasteiger partial charge is 0.418 e. The second kappa shape index (κ2) is 23.0. The average Bonchev–Trinajstić information content (AvgIpc) is 3.67. The Morgan fingerprint density at radius 3 is 1.86 bits per heavy atom. The maximum absolute atomic E-state index is 13.1. The largest absolute Gasteiger partial charge is 0.495 e. The summed E-state index contributed by atoms with van der Waals surface area (Å²) in [6.45, 7) is 11.9. The van der Waals surface area contributed by atoms with Crippen LogP contribution in [0.25, 0.3) is 0 Å². The molecule has 374 valence electrons. The van der Waals surface area contributed by atoms with Crippen molar-refractivity contribution < 1.29 is 62.2 Å². The highest BCUT2D eigenvalue weighted by atomic mass is 35.5. The molecule has 3 unspecified atom stereocenters. The second-order valence-electron chi connectivity index (χ2n) is 17.0. The Morgan fingerprint density at radius 1 is 0.718 bits per heavy atom. The number of aryl methyl sites for hydroxylation is 2. The molecule has 0 aromatic heterocycles. The number of carbonyl (C=O) groups is 10. The quantitative estimate of drug-likeness (QED) is 0.0659. The molecule has 4 aromatic rings. The molecule has 0 radical (unpaired) electrons. The van der Waals surface area contributed by atoms with Crippen molar-refractivity contribution in [2.75, 3.05) is 34.9 Å². The Morgan fingerprint density at radius 2 is 1.30 bits per heavy atom. The van der Waals surface area contributed by atoms with Crippen LogP contribution in [0.15, 0.2) is 84.9 Å². The van der Waals surface area contributed by atoms with E-state index in [1.165, 1.54) is 63.1 Å². The molecule has 71 heavy (non-hydrogen) atoms. The molecule has 6 rings (SSSR count). The normalized spacial score (nSPS) is 15.1. The molecule has 3 atom stereocenters. The van der Waals surface area contributed by atoms with Crippen LogP contribution in [0, 0.1) is 13.8 Å². The number of ketones is 2. The Bertz CT molecular complexity index is 2780. The maximum atomic E-state index is 13.1. The molecule has 9 amide bonds. The molecule has 0 saturated carbocycles. The highest BCUT2D eigenvalue weighted by Crippen LogP contribution is 2.31. The number of Topliss-reactive ketones (excluding diaryl/α,β-unsaturated/α-hetero) is 2. The number of nitrogens with zero attached hydrogens (tertiary/aromatic N) is 3. The summed E-state index contributed by atoms with van der Waals surface area (Å²) in [5.41, 5.74) is 2.19. The molecule has 2 saturated heterocycles. The molecule has 2 aliphatic rings. The van der Waals surface area contributed by atoms with Crippen LogP contribution in [0.2, 0.25) is 5.02 Å². The van der Waals surface area contributed by atoms with E-state index >= 15 is 0 Å². The molecular weight excluding hydrogens is 942 g/mol. The first-order valence-corrected chi connectivity index (χ1v) is 22.5. The molecule has 0 aliphatic carbocycles. The van der Waals surface area contributed by atoms with Gasteiger partial charge in [0, 0.05) is 24.8 Å². The Kier molecular flexibility index (Phi) is 17.4. The number of halogens is 1. The number of methoxy groups -OCH3 is 1. The predicted octanol–water partition coefficient (Wildman–Crippen LogP) is 6.42. The van der Waals surface area contributed by atoms with E-state index in [0.29, 0.717) is 33.3 Å². The van der Waals surface area contributed by atoms with Crippen molar-refractivity contribution in [2.24, 2.45) is 0 Å². The number of anilines is 4. The number of hydrogen-bond donors (Lipinski definition) is 4. The van der Waals surface area contributed by atoms with Gasteiger partial charge in [-0.25, -0.2) is 19.4 Å². The van der Waals surface area contributed by atoms with Crippen LogP contribution in [0.4, 0.5) is 32.3 Å². The topological polar surface area (TPSA) is 256 Å². The zero-order chi connectivity index (χ0) is 52.5. The molecule has 20 nitrogen and oxygen atoms in total. The van der Waals surface area contributed by atoms with Gasteiger partial charge in [-0.15, -0.1) is 0 Å². The summed E-state index contributed by atoms with van der Waals surface area (Å²) in [7, 11) is 1.39. The van der Waals surface area contributed by atoms with E-state index < -0.39 is 77.0 Å². The van der Waals surface area contributed by atoms with Crippen molar-refractivity contribution in [1.29, 1.82) is 0 Å². The Labute approximate surface area is 414 Å². The first-order chi connectivity index (χ1) is 33.4. The van der Waals surface area contributed by atoms with E-state index in [1.54, 1.807) is 6.07 Å². The molecule has 2 fully saturated rings. The zero-order valence-corrected chi connectivity index (χ0v) is 41.2. The van der Waals surface area contributed by atoms with Gasteiger partial charge in [0.15, 0.2) is 35.4 Å². The standard InChI is InChI=1S/C27H30ClN3O7.C23H24N4O6/c1-7-20(37-21-11-8-14(2)12-15(21)3)23(33)29-17-9-10-18(28)19(13-17)30-24(34)22(16(4)32)31-25(35)27(5,6)38-26(31)36;1-14(28)21(22(31)25-18-11-17(24-15(2)29)9-10-19(18)33-3)27-20(30)13-26(23(27)32)12-16-7-5-4-6-8-16/h8-13,20,22H,7H2,1-6H3,(H,29,33)(H,30,34);4-11,21H,12-13H2,1-3H3,(H,24,29)(H,25,31). The number of urea groups is 1. The van der Waals surface area contributed by atoms with Gasteiger partial charge in [-0.05, 0) is 102 Å². The summed E-state index contributed by atoms with van der Waals surface area (Å²) < 4.78 is 16.2. The van der Waals surface area contributed by atoms with Crippen LogP contribution < -0.4 is 30.7 Å². The number of carbonyl (C=O) groups excluding carboxylic acids is 10. The van der Waals surface area contributed by atoms with Gasteiger partial charge < -0.3 is 40.4 Å². The van der Waals surface area contributed by atoms with Crippen LogP contribution in [0.5, 0.6) is 11.5 Å². The number of imide groups is 2. The van der Waals surface area contributed by atoms with Gasteiger partial charge in [-0.1, -0.05) is 66.6 Å². The summed E-state index contributed by atoms with van der Waals surface area (Å²) >= 11 is 6.24. The Balaban J connectivity index is 0.000000267. The van der Waals surface area contributed by atoms with Gasteiger partial charge in [0.25, 0.3) is 29.5 Å². The number of rotatable bonds is 17. The number of cyclic esters (lactones) is 1. The molecule has 0 bridgehead atoms. The lowest BCUT2D eigenvalue weighted by atomic mass is 10.1. The van der Waals surface area contributed by atoms with Gasteiger partial charge in [0.1, 0.15) is 18.0 Å². The molecule has 4 N–H and O–H groups in total. The van der Waals surface area contributed by atoms with E-state index in [2.05, 4.69) is 21.3 Å². The molecule has 2 heterocycles. The zero-order valence-electron chi connectivity index (χ0n) is 40.5. The monoisotopic (exact) mass is 995 g/mol. The van der Waals surface area contributed by atoms with Crippen molar-refractivity contribution in [3.8, 4) is 11.5 Å². The Hall–Kier alpha value is -8.13. The van der Waals surface area contributed by atoms with Crippen LogP contribution in [-0.2, 0) is 49.6 Å². The second-order valence-corrected chi connectivity index (χ2v) is 17.4. The molecular formula is C50H54ClN7O13. The molecule has 0 spiro atoms. The highest BCUT2D eigenvalue weighted by Gasteiger charge is 2.53. The minimum Gasteiger partial charge on any atom is -0.495 e. The third-order valence-electron chi connectivity index (χ3n) is 10.9. The fraction of sp³-hybridized carbons (Fsp3) is 0.320. The SMILES string of the molecule is CCC(Oc1ccc(C)cc1C)C(=O)Nc1ccc(Cl)c(NC(=O)C(C(C)=O)N2C(=O)OC(C)(C)C2=O)c1.COc1ccc(NC(C)=O)cc1NC(=O)C(C(C)=O)N1C(=O)CN(Cc2ccccc2)C1=O. The summed E-state index contributed by atoms with van der Waals surface area (Å²) in [6, 6.07) is 19.5. The fourth-order valence-corrected chi connectivity index (χ4v) is 7.60. The predicted molar refractivity (Wildman–Crippen MR) is 261 cm³/mol. The van der Waals surface area contributed by atoms with E-state index in [-0.39, 0.29) is 41.1 Å². The van der Waals surface area contributed by atoms with Gasteiger partial charge >= 0.3 is 12.1 Å². The number of hydrogen-bond acceptors (Lipinski definition) is 13. The first kappa shape index (κ1) is 53.8. The third kappa shape index (κ3) is 13.1. The first-order valence-electron chi connectivity index (χ1n) is 22.1. The summed E-state index contributed by atoms with van der Waals surface area (Å²) in [4.78, 5) is 128. The number of nitrogens with one attached hydrogen (secondary N) is 4. The van der Waals surface area contributed by atoms with Crippen molar-refractivity contribution in [3.05, 3.63) is 107 Å². The van der Waals surface area contributed by atoms with Crippen molar-refractivity contribution in [1.82, 2.24) is 14.7 Å². The van der Waals surface area contributed by atoms with Crippen LogP contribution in [0.3, 0.4) is 0 Å². The lowest BCUT2D eigenvalue weighted by Crippen LogP contribution is -2.52. The number of ether oxygens (including phenoxy) is 3. The van der Waals surface area contributed by atoms with Crippen molar-refractivity contribution in [3.63, 3.8) is 0 Å². The van der Waals surface area contributed by atoms with Crippen LogP contribution in [-0.4, -0.2) is 111 Å². The van der Waals surface area contributed by atoms with E-state index in [1.807, 2.05) is 69.3 Å². The van der Waals surface area contributed by atoms with Crippen LogP contribution in [0.1, 0.15) is 64.7 Å². The van der Waals surface area contributed by atoms with Crippen LogP contribution >= 0.6 is 11.6 Å². The third-order valence-corrected chi connectivity index (χ3v) is 11.2. The van der Waals surface area contributed by atoms with E-state index in [0.717, 1.165) is 30.5 Å². The average molecular weight is 996 g/mol. The van der Waals surface area contributed by atoms with Crippen molar-refractivity contribution in [2.45, 2.75) is 92.1 Å². The lowest BCUT2D eigenvalue weighted by molar-refractivity contribution is -0.142. The fourth-order valence-electron chi connectivity index (χ4n) is 7.44. The number of amides is 9. The van der Waals surface area contributed by atoms with Crippen molar-refractivity contribution >= 4 is 93.5 Å².